The van der Waals surface area contributed by atoms with Crippen LogP contribution in [-0.4, -0.2) is 54.2 Å². The Morgan fingerprint density at radius 2 is 1.39 bits per heavy atom. The van der Waals surface area contributed by atoms with Gasteiger partial charge in [0, 0.05) is 24.5 Å². The highest BCUT2D eigenvalue weighted by molar-refractivity contribution is 5.90. The van der Waals surface area contributed by atoms with Crippen molar-refractivity contribution in [1.82, 2.24) is 4.98 Å². The molecule has 162 valence electrons. The van der Waals surface area contributed by atoms with E-state index in [1.165, 1.54) is 12.1 Å². The van der Waals surface area contributed by atoms with Crippen LogP contribution in [0.15, 0.2) is 36.7 Å². The van der Waals surface area contributed by atoms with E-state index in [0.717, 1.165) is 24.5 Å². The third-order valence-corrected chi connectivity index (χ3v) is 4.45. The molecule has 31 heavy (non-hydrogen) atoms. The molecular formula is C19H16N2O10. The maximum absolute atomic E-state index is 11.8. The normalized spacial score (nSPS) is 12.5. The number of aliphatic carboxylic acids is 4. The summed E-state index contributed by atoms with van der Waals surface area (Å²) >= 11 is 0. The van der Waals surface area contributed by atoms with E-state index < -0.39 is 53.5 Å². The average molecular weight is 432 g/mol. The molecular weight excluding hydrogens is 416 g/mol. The molecule has 12 nitrogen and oxygen atoms in total. The highest BCUT2D eigenvalue weighted by atomic mass is 16.6. The number of carboxylic acids is 4. The lowest BCUT2D eigenvalue weighted by Crippen LogP contribution is -2.21. The topological polar surface area (TPSA) is 205 Å². The molecule has 2 unspecified atom stereocenters. The van der Waals surface area contributed by atoms with Gasteiger partial charge in [-0.15, -0.1) is 0 Å². The fourth-order valence-corrected chi connectivity index (χ4v) is 3.14. The maximum atomic E-state index is 11.8. The summed E-state index contributed by atoms with van der Waals surface area (Å²) in [5, 5.41) is 48.5. The summed E-state index contributed by atoms with van der Waals surface area (Å²) in [4.78, 5) is 60.2. The van der Waals surface area contributed by atoms with Crippen LogP contribution in [0.5, 0.6) is 0 Å². The third-order valence-electron chi connectivity index (χ3n) is 4.45. The average Bonchev–Trinajstić information content (AvgIpc) is 2.69. The summed E-state index contributed by atoms with van der Waals surface area (Å²) in [6, 6.07) is 4.83. The van der Waals surface area contributed by atoms with Gasteiger partial charge in [0.05, 0.1) is 29.6 Å². The van der Waals surface area contributed by atoms with Crippen molar-refractivity contribution in [1.29, 1.82) is 0 Å². The molecule has 0 aliphatic heterocycles. The number of nitro groups is 1. The van der Waals surface area contributed by atoms with E-state index in [1.807, 2.05) is 0 Å². The van der Waals surface area contributed by atoms with Gasteiger partial charge in [0.15, 0.2) is 0 Å². The van der Waals surface area contributed by atoms with Crippen molar-refractivity contribution in [3.8, 4) is 11.1 Å². The zero-order valence-corrected chi connectivity index (χ0v) is 15.7. The molecule has 2 atom stereocenters. The van der Waals surface area contributed by atoms with Crippen LogP contribution in [0.1, 0.15) is 35.8 Å². The highest BCUT2D eigenvalue weighted by Crippen LogP contribution is 2.39. The van der Waals surface area contributed by atoms with Gasteiger partial charge >= 0.3 is 23.9 Å². The minimum Gasteiger partial charge on any atom is -0.481 e. The lowest BCUT2D eigenvalue weighted by molar-refractivity contribution is -0.384. The van der Waals surface area contributed by atoms with E-state index in [9.17, 15) is 39.5 Å². The number of hydrogen-bond acceptors (Lipinski definition) is 7. The van der Waals surface area contributed by atoms with Crippen molar-refractivity contribution in [2.45, 2.75) is 24.7 Å². The largest absolute Gasteiger partial charge is 0.481 e. The fraction of sp³-hybridized carbons (Fsp3) is 0.211. The summed E-state index contributed by atoms with van der Waals surface area (Å²) in [5.74, 6) is -9.33. The van der Waals surface area contributed by atoms with Crippen LogP contribution in [-0.2, 0) is 19.2 Å². The Bertz CT molecular complexity index is 1010. The molecule has 0 aliphatic rings. The Kier molecular flexibility index (Phi) is 6.98. The number of carboxylic acid groups (broad SMARTS) is 4. The van der Waals surface area contributed by atoms with E-state index in [-0.39, 0.29) is 27.9 Å². The first-order chi connectivity index (χ1) is 14.5. The van der Waals surface area contributed by atoms with Gasteiger partial charge in [-0.1, -0.05) is 12.1 Å². The van der Waals surface area contributed by atoms with Crippen molar-refractivity contribution in [2.24, 2.45) is 0 Å². The standard InChI is InChI=1S/C19H16N2O10/c22-15(23)5-11(18(26)27)13-7-20-8-14(12(19(28)29)6-16(24)25)17(13)9-2-1-3-10(4-9)21(30)31/h1-4,7-8,11-12H,5-6H2,(H,22,23)(H,24,25)(H,26,27)(H,28,29). The molecule has 0 bridgehead atoms. The zero-order chi connectivity index (χ0) is 23.3. The summed E-state index contributed by atoms with van der Waals surface area (Å²) in [6.45, 7) is 0. The summed E-state index contributed by atoms with van der Waals surface area (Å²) in [7, 11) is 0. The van der Waals surface area contributed by atoms with Gasteiger partial charge in [0.1, 0.15) is 0 Å². The highest BCUT2D eigenvalue weighted by Gasteiger charge is 2.33. The number of nitrogens with zero attached hydrogens (tertiary/aromatic N) is 2. The van der Waals surface area contributed by atoms with Crippen LogP contribution >= 0.6 is 0 Å². The van der Waals surface area contributed by atoms with Crippen molar-refractivity contribution in [3.63, 3.8) is 0 Å². The quantitative estimate of drug-likeness (QED) is 0.315. The predicted molar refractivity (Wildman–Crippen MR) is 102 cm³/mol. The van der Waals surface area contributed by atoms with E-state index in [2.05, 4.69) is 4.98 Å². The number of hydrogen-bond donors (Lipinski definition) is 4. The molecule has 4 N–H and O–H groups in total. The molecule has 0 amide bonds. The molecule has 0 saturated carbocycles. The summed E-state index contributed by atoms with van der Waals surface area (Å²) in [6.07, 6.45) is 0.302. The number of benzene rings is 1. The Morgan fingerprint density at radius 1 is 0.903 bits per heavy atom. The lowest BCUT2D eigenvalue weighted by Gasteiger charge is -2.21. The first kappa shape index (κ1) is 22.9. The van der Waals surface area contributed by atoms with Crippen LogP contribution in [0, 0.1) is 10.1 Å². The predicted octanol–water partition coefficient (Wildman–Crippen LogP) is 1.94. The SMILES string of the molecule is O=C(O)CC(C(=O)O)c1cncc(C(CC(=O)O)C(=O)O)c1-c1cccc([N+](=O)[O-])c1. The van der Waals surface area contributed by atoms with Gasteiger partial charge < -0.3 is 20.4 Å². The molecule has 0 spiro atoms. The molecule has 2 aromatic rings. The van der Waals surface area contributed by atoms with Crippen molar-refractivity contribution < 1.29 is 44.5 Å². The van der Waals surface area contributed by atoms with Crippen molar-refractivity contribution in [3.05, 3.63) is 57.9 Å². The number of nitro benzene ring substituents is 1. The first-order valence-electron chi connectivity index (χ1n) is 8.64. The van der Waals surface area contributed by atoms with E-state index in [4.69, 9.17) is 10.2 Å². The molecule has 0 radical (unpaired) electrons. The Morgan fingerprint density at radius 3 is 1.77 bits per heavy atom. The minimum atomic E-state index is -1.67. The molecule has 1 heterocycles. The number of carbonyl (C=O) groups is 4. The number of rotatable bonds is 10. The maximum Gasteiger partial charge on any atom is 0.311 e. The smallest absolute Gasteiger partial charge is 0.311 e. The second-order valence-corrected chi connectivity index (χ2v) is 6.48. The summed E-state index contributed by atoms with van der Waals surface area (Å²) < 4.78 is 0. The van der Waals surface area contributed by atoms with Crippen molar-refractivity contribution >= 4 is 29.6 Å². The third kappa shape index (κ3) is 5.38. The van der Waals surface area contributed by atoms with Crippen LogP contribution in [0.4, 0.5) is 5.69 Å². The van der Waals surface area contributed by atoms with Gasteiger partial charge in [-0.25, -0.2) is 0 Å². The molecule has 1 aromatic heterocycles. The van der Waals surface area contributed by atoms with E-state index in [1.54, 1.807) is 0 Å². The second-order valence-electron chi connectivity index (χ2n) is 6.48. The van der Waals surface area contributed by atoms with Crippen LogP contribution < -0.4 is 0 Å². The Labute approximate surface area is 173 Å². The van der Waals surface area contributed by atoms with Gasteiger partial charge in [0.25, 0.3) is 5.69 Å². The molecule has 0 fully saturated rings. The summed E-state index contributed by atoms with van der Waals surface area (Å²) in [5.41, 5.74) is -0.897. The Balaban J connectivity index is 2.89. The van der Waals surface area contributed by atoms with Crippen LogP contribution in [0.25, 0.3) is 11.1 Å². The van der Waals surface area contributed by atoms with Gasteiger partial charge in [0.2, 0.25) is 0 Å². The molecule has 2 rings (SSSR count). The fourth-order valence-electron chi connectivity index (χ4n) is 3.14. The zero-order valence-electron chi connectivity index (χ0n) is 15.7. The monoisotopic (exact) mass is 432 g/mol. The van der Waals surface area contributed by atoms with Crippen LogP contribution in [0.2, 0.25) is 0 Å². The molecule has 12 heteroatoms. The number of non-ortho nitro benzene ring substituents is 1. The molecule has 0 saturated heterocycles. The van der Waals surface area contributed by atoms with Gasteiger partial charge in [-0.2, -0.15) is 0 Å². The van der Waals surface area contributed by atoms with E-state index >= 15 is 0 Å². The second kappa shape index (κ2) is 9.43. The van der Waals surface area contributed by atoms with Crippen LogP contribution in [0.3, 0.4) is 0 Å². The minimum absolute atomic E-state index is 0.0230. The first-order valence-corrected chi connectivity index (χ1v) is 8.64. The van der Waals surface area contributed by atoms with E-state index in [0.29, 0.717) is 0 Å². The number of aromatic nitrogens is 1. The van der Waals surface area contributed by atoms with Gasteiger partial charge in [-0.3, -0.25) is 34.3 Å². The van der Waals surface area contributed by atoms with Gasteiger partial charge in [-0.05, 0) is 22.3 Å². The molecule has 0 aliphatic carbocycles. The Hall–Kier alpha value is -4.35. The molecule has 1 aromatic carbocycles. The lowest BCUT2D eigenvalue weighted by atomic mass is 9.83. The van der Waals surface area contributed by atoms with Crippen molar-refractivity contribution in [2.75, 3.05) is 0 Å². The number of pyridine rings is 1.